The molecule has 0 aliphatic carbocycles. The lowest BCUT2D eigenvalue weighted by atomic mass is 10.1. The minimum Gasteiger partial charge on any atom is -0.478 e. The van der Waals surface area contributed by atoms with Gasteiger partial charge in [0.1, 0.15) is 0 Å². The van der Waals surface area contributed by atoms with Crippen molar-refractivity contribution < 1.29 is 9.90 Å². The number of aromatic carboxylic acids is 1. The standard InChI is InChI=1S/C13H18O2S2/c1-9(2)8-16-17-10(3)11-6-4-5-7-12(11)13(14)15/h4-7,9-10H,8H2,1-3H3,(H,14,15). The summed E-state index contributed by atoms with van der Waals surface area (Å²) in [6.45, 7) is 6.42. The van der Waals surface area contributed by atoms with Crippen LogP contribution in [0.2, 0.25) is 0 Å². The van der Waals surface area contributed by atoms with E-state index < -0.39 is 5.97 Å². The Morgan fingerprint density at radius 3 is 2.53 bits per heavy atom. The molecule has 0 fully saturated rings. The van der Waals surface area contributed by atoms with Gasteiger partial charge in [-0.1, -0.05) is 53.6 Å². The van der Waals surface area contributed by atoms with Crippen molar-refractivity contribution >= 4 is 27.6 Å². The van der Waals surface area contributed by atoms with Gasteiger partial charge in [-0.2, -0.15) is 0 Å². The van der Waals surface area contributed by atoms with E-state index in [9.17, 15) is 4.79 Å². The normalized spacial score (nSPS) is 12.7. The van der Waals surface area contributed by atoms with E-state index in [-0.39, 0.29) is 5.25 Å². The van der Waals surface area contributed by atoms with Crippen LogP contribution in [0.15, 0.2) is 24.3 Å². The van der Waals surface area contributed by atoms with Crippen LogP contribution < -0.4 is 0 Å². The molecule has 0 aromatic heterocycles. The lowest BCUT2D eigenvalue weighted by Crippen LogP contribution is -2.03. The molecule has 0 aliphatic heterocycles. The average Bonchev–Trinajstić information content (AvgIpc) is 2.28. The number of rotatable bonds is 6. The van der Waals surface area contributed by atoms with Crippen LogP contribution in [0.4, 0.5) is 0 Å². The van der Waals surface area contributed by atoms with Gasteiger partial charge in [-0.3, -0.25) is 0 Å². The lowest BCUT2D eigenvalue weighted by Gasteiger charge is -2.14. The van der Waals surface area contributed by atoms with Gasteiger partial charge < -0.3 is 5.11 Å². The van der Waals surface area contributed by atoms with Crippen LogP contribution in [0.3, 0.4) is 0 Å². The highest BCUT2D eigenvalue weighted by molar-refractivity contribution is 8.76. The maximum absolute atomic E-state index is 11.1. The molecule has 0 saturated carbocycles. The van der Waals surface area contributed by atoms with Crippen LogP contribution in [-0.4, -0.2) is 16.8 Å². The Hall–Kier alpha value is -0.610. The summed E-state index contributed by atoms with van der Waals surface area (Å²) >= 11 is 0. The number of carbonyl (C=O) groups is 1. The van der Waals surface area contributed by atoms with E-state index in [1.54, 1.807) is 22.9 Å². The smallest absolute Gasteiger partial charge is 0.336 e. The number of carboxylic acids is 1. The summed E-state index contributed by atoms with van der Waals surface area (Å²) in [6, 6.07) is 7.23. The maximum Gasteiger partial charge on any atom is 0.336 e. The monoisotopic (exact) mass is 270 g/mol. The van der Waals surface area contributed by atoms with Crippen LogP contribution >= 0.6 is 21.6 Å². The molecule has 0 heterocycles. The van der Waals surface area contributed by atoms with E-state index in [1.807, 2.05) is 22.9 Å². The molecule has 1 atom stereocenters. The van der Waals surface area contributed by atoms with Gasteiger partial charge in [0.25, 0.3) is 0 Å². The van der Waals surface area contributed by atoms with Crippen LogP contribution in [0.1, 0.15) is 41.9 Å². The molecule has 1 N–H and O–H groups in total. The Balaban J connectivity index is 2.68. The fourth-order valence-electron chi connectivity index (χ4n) is 1.38. The highest BCUT2D eigenvalue weighted by Gasteiger charge is 2.15. The Bertz CT molecular complexity index is 377. The molecule has 2 nitrogen and oxygen atoms in total. The summed E-state index contributed by atoms with van der Waals surface area (Å²) in [7, 11) is 3.55. The SMILES string of the molecule is CC(C)CSSC(C)c1ccccc1C(=O)O. The summed E-state index contributed by atoms with van der Waals surface area (Å²) in [5.74, 6) is 0.904. The molecule has 0 bridgehead atoms. The Morgan fingerprint density at radius 2 is 1.94 bits per heavy atom. The van der Waals surface area contributed by atoms with Gasteiger partial charge in [-0.15, -0.1) is 0 Å². The zero-order valence-electron chi connectivity index (χ0n) is 10.3. The van der Waals surface area contributed by atoms with Crippen LogP contribution in [0.5, 0.6) is 0 Å². The quantitative estimate of drug-likeness (QED) is 0.773. The van der Waals surface area contributed by atoms with Crippen molar-refractivity contribution in [2.24, 2.45) is 5.92 Å². The fourth-order valence-corrected chi connectivity index (χ4v) is 4.22. The van der Waals surface area contributed by atoms with Gasteiger partial charge in [0.15, 0.2) is 0 Å². The zero-order valence-corrected chi connectivity index (χ0v) is 12.0. The number of carboxylic acid groups (broad SMARTS) is 1. The predicted molar refractivity (Wildman–Crippen MR) is 76.7 cm³/mol. The molecule has 0 radical (unpaired) electrons. The summed E-state index contributed by atoms with van der Waals surface area (Å²) in [4.78, 5) is 11.1. The molecule has 0 saturated heterocycles. The topological polar surface area (TPSA) is 37.3 Å². The van der Waals surface area contributed by atoms with Gasteiger partial charge >= 0.3 is 5.97 Å². The minimum atomic E-state index is -0.845. The molecule has 0 aliphatic rings. The molecular weight excluding hydrogens is 252 g/mol. The van der Waals surface area contributed by atoms with Gasteiger partial charge in [0.2, 0.25) is 0 Å². The van der Waals surface area contributed by atoms with Crippen LogP contribution in [-0.2, 0) is 0 Å². The van der Waals surface area contributed by atoms with E-state index >= 15 is 0 Å². The summed E-state index contributed by atoms with van der Waals surface area (Å²) in [6.07, 6.45) is 0. The highest BCUT2D eigenvalue weighted by Crippen LogP contribution is 2.39. The molecule has 1 rings (SSSR count). The maximum atomic E-state index is 11.1. The molecular formula is C13H18O2S2. The van der Waals surface area contributed by atoms with Gasteiger partial charge in [-0.05, 0) is 24.5 Å². The second kappa shape index (κ2) is 6.97. The Labute approximate surface area is 111 Å². The first-order chi connectivity index (χ1) is 8.02. The van der Waals surface area contributed by atoms with Crippen molar-refractivity contribution in [1.29, 1.82) is 0 Å². The first kappa shape index (κ1) is 14.5. The zero-order chi connectivity index (χ0) is 12.8. The third kappa shape index (κ3) is 4.64. The van der Waals surface area contributed by atoms with Crippen molar-refractivity contribution in [3.8, 4) is 0 Å². The molecule has 17 heavy (non-hydrogen) atoms. The van der Waals surface area contributed by atoms with Gasteiger partial charge in [-0.25, -0.2) is 4.79 Å². The van der Waals surface area contributed by atoms with E-state index in [0.717, 1.165) is 11.3 Å². The third-order valence-corrected chi connectivity index (χ3v) is 5.41. The van der Waals surface area contributed by atoms with Crippen LogP contribution in [0.25, 0.3) is 0 Å². The first-order valence-electron chi connectivity index (χ1n) is 5.63. The summed E-state index contributed by atoms with van der Waals surface area (Å²) in [5, 5.41) is 9.31. The van der Waals surface area contributed by atoms with Crippen molar-refractivity contribution in [2.45, 2.75) is 26.0 Å². The molecule has 1 aromatic rings. The molecule has 1 unspecified atom stereocenters. The van der Waals surface area contributed by atoms with Crippen molar-refractivity contribution in [2.75, 3.05) is 5.75 Å². The largest absolute Gasteiger partial charge is 0.478 e. The second-order valence-corrected chi connectivity index (χ2v) is 7.06. The summed E-state index contributed by atoms with van der Waals surface area (Å²) in [5.41, 5.74) is 1.32. The van der Waals surface area contributed by atoms with E-state index in [2.05, 4.69) is 20.8 Å². The van der Waals surface area contributed by atoms with Crippen molar-refractivity contribution in [3.05, 3.63) is 35.4 Å². The van der Waals surface area contributed by atoms with E-state index in [1.165, 1.54) is 0 Å². The van der Waals surface area contributed by atoms with Gasteiger partial charge in [0.05, 0.1) is 5.56 Å². The van der Waals surface area contributed by atoms with Crippen LogP contribution in [0, 0.1) is 5.92 Å². The van der Waals surface area contributed by atoms with E-state index in [0.29, 0.717) is 11.5 Å². The highest BCUT2D eigenvalue weighted by atomic mass is 33.1. The molecule has 1 aromatic carbocycles. The molecule has 94 valence electrons. The number of hydrogen-bond donors (Lipinski definition) is 1. The van der Waals surface area contributed by atoms with E-state index in [4.69, 9.17) is 5.11 Å². The second-order valence-electron chi connectivity index (χ2n) is 4.31. The Morgan fingerprint density at radius 1 is 1.29 bits per heavy atom. The van der Waals surface area contributed by atoms with Crippen molar-refractivity contribution in [3.63, 3.8) is 0 Å². The molecule has 4 heteroatoms. The first-order valence-corrected chi connectivity index (χ1v) is 8.01. The van der Waals surface area contributed by atoms with Gasteiger partial charge in [0, 0.05) is 11.0 Å². The summed E-state index contributed by atoms with van der Waals surface area (Å²) < 4.78 is 0. The molecule has 0 spiro atoms. The fraction of sp³-hybridized carbons (Fsp3) is 0.462. The third-order valence-electron chi connectivity index (χ3n) is 2.24. The number of hydrogen-bond acceptors (Lipinski definition) is 3. The average molecular weight is 270 g/mol. The Kier molecular flexibility index (Phi) is 5.92. The molecule has 0 amide bonds. The minimum absolute atomic E-state index is 0.200. The number of benzene rings is 1. The predicted octanol–water partition coefficient (Wildman–Crippen LogP) is 4.48. The van der Waals surface area contributed by atoms with Crippen molar-refractivity contribution in [1.82, 2.24) is 0 Å². The lowest BCUT2D eigenvalue weighted by molar-refractivity contribution is 0.0695.